The Balaban J connectivity index is 2.50. The van der Waals surface area contributed by atoms with E-state index < -0.39 is 0 Å². The van der Waals surface area contributed by atoms with Gasteiger partial charge in [-0.15, -0.1) is 0 Å². The maximum Gasteiger partial charge on any atom is 0.0636 e. The lowest BCUT2D eigenvalue weighted by molar-refractivity contribution is 1.16. The Morgan fingerprint density at radius 1 is 1.25 bits per heavy atom. The van der Waals surface area contributed by atoms with Crippen LogP contribution in [0, 0.1) is 0 Å². The summed E-state index contributed by atoms with van der Waals surface area (Å²) in [5.74, 6) is 0. The minimum absolute atomic E-state index is 0.752. The fraction of sp³-hybridized carbons (Fsp3) is 0.267. The molecule has 0 spiro atoms. The van der Waals surface area contributed by atoms with Gasteiger partial charge in [-0.25, -0.2) is 0 Å². The zero-order valence-electron chi connectivity index (χ0n) is 10.1. The van der Waals surface area contributed by atoms with Crippen molar-refractivity contribution in [3.05, 3.63) is 59.7 Å². The summed E-state index contributed by atoms with van der Waals surface area (Å²) in [6, 6.07) is 10.2. The van der Waals surface area contributed by atoms with Crippen molar-refractivity contribution in [3.63, 3.8) is 0 Å². The van der Waals surface area contributed by atoms with Crippen molar-refractivity contribution in [1.82, 2.24) is 0 Å². The summed E-state index contributed by atoms with van der Waals surface area (Å²) in [6.45, 7) is 4.94. The summed E-state index contributed by atoms with van der Waals surface area (Å²) in [6.07, 6.45) is 9.40. The van der Waals surface area contributed by atoms with Crippen molar-refractivity contribution in [2.75, 3.05) is 6.54 Å². The van der Waals surface area contributed by atoms with Crippen LogP contribution in [-0.2, 0) is 0 Å². The van der Waals surface area contributed by atoms with Crippen LogP contribution >= 0.6 is 0 Å². The lowest BCUT2D eigenvalue weighted by Gasteiger charge is -1.96. The van der Waals surface area contributed by atoms with Crippen LogP contribution in [-0.4, -0.2) is 12.8 Å². The maximum absolute atomic E-state index is 4.42. The average molecular weight is 213 g/mol. The fourth-order valence-corrected chi connectivity index (χ4v) is 1.31. The molecule has 0 aromatic heterocycles. The summed E-state index contributed by atoms with van der Waals surface area (Å²) in [5.41, 5.74) is 2.41. The van der Waals surface area contributed by atoms with Gasteiger partial charge in [-0.2, -0.15) is 0 Å². The second-order valence-electron chi connectivity index (χ2n) is 3.55. The summed E-state index contributed by atoms with van der Waals surface area (Å²) >= 11 is 0. The third kappa shape index (κ3) is 4.74. The van der Waals surface area contributed by atoms with Crippen LogP contribution in [0.5, 0.6) is 0 Å². The van der Waals surface area contributed by atoms with Crippen molar-refractivity contribution in [1.29, 1.82) is 0 Å². The molecule has 1 aromatic carbocycles. The second kappa shape index (κ2) is 7.63. The van der Waals surface area contributed by atoms with E-state index in [4.69, 9.17) is 0 Å². The second-order valence-corrected chi connectivity index (χ2v) is 3.55. The van der Waals surface area contributed by atoms with Gasteiger partial charge in [0, 0.05) is 6.21 Å². The lowest BCUT2D eigenvalue weighted by Crippen LogP contribution is -1.87. The first-order valence-electron chi connectivity index (χ1n) is 5.73. The normalized spacial score (nSPS) is 12.8. The number of benzene rings is 1. The Morgan fingerprint density at radius 3 is 2.62 bits per heavy atom. The summed E-state index contributed by atoms with van der Waals surface area (Å²) in [5, 5.41) is 0. The molecule has 1 heteroatoms. The van der Waals surface area contributed by atoms with Gasteiger partial charge < -0.3 is 0 Å². The van der Waals surface area contributed by atoms with E-state index in [1.165, 1.54) is 5.57 Å². The molecule has 0 aliphatic carbocycles. The number of aliphatic imine (C=N–C) groups is 1. The molecule has 0 saturated heterocycles. The minimum Gasteiger partial charge on any atom is -0.288 e. The summed E-state index contributed by atoms with van der Waals surface area (Å²) in [4.78, 5) is 4.42. The average Bonchev–Trinajstić information content (AvgIpc) is 2.35. The zero-order chi connectivity index (χ0) is 11.6. The Hall–Kier alpha value is -1.63. The molecule has 0 fully saturated rings. The molecule has 0 radical (unpaired) electrons. The molecule has 84 valence electrons. The molecule has 0 saturated carbocycles. The van der Waals surface area contributed by atoms with E-state index in [9.17, 15) is 0 Å². The number of hydrogen-bond donors (Lipinski definition) is 0. The molecule has 0 bridgehead atoms. The van der Waals surface area contributed by atoms with Crippen LogP contribution in [0.15, 0.2) is 59.1 Å². The van der Waals surface area contributed by atoms with Crippen molar-refractivity contribution in [2.45, 2.75) is 20.3 Å². The van der Waals surface area contributed by atoms with E-state index in [1.807, 2.05) is 31.3 Å². The minimum atomic E-state index is 0.752. The number of allylic oxidation sites excluding steroid dienone is 2. The molecule has 1 aromatic rings. The van der Waals surface area contributed by atoms with E-state index in [0.717, 1.165) is 18.5 Å². The van der Waals surface area contributed by atoms with E-state index in [-0.39, 0.29) is 0 Å². The van der Waals surface area contributed by atoms with Crippen LogP contribution in [0.25, 0.3) is 0 Å². The van der Waals surface area contributed by atoms with Crippen LogP contribution < -0.4 is 0 Å². The molecule has 0 heterocycles. The SMILES string of the molecule is C/C=C(\C=C/CC)CN=Cc1ccccc1. The highest BCUT2D eigenvalue weighted by Crippen LogP contribution is 2.00. The van der Waals surface area contributed by atoms with E-state index >= 15 is 0 Å². The molecule has 0 N–H and O–H groups in total. The third-order valence-electron chi connectivity index (χ3n) is 2.25. The quantitative estimate of drug-likeness (QED) is 0.517. The summed E-state index contributed by atoms with van der Waals surface area (Å²) in [7, 11) is 0. The van der Waals surface area contributed by atoms with Gasteiger partial charge in [0.1, 0.15) is 0 Å². The number of nitrogens with zero attached hydrogens (tertiary/aromatic N) is 1. The highest BCUT2D eigenvalue weighted by atomic mass is 14.7. The predicted octanol–water partition coefficient (Wildman–Crippen LogP) is 4.02. The first kappa shape index (κ1) is 12.4. The van der Waals surface area contributed by atoms with Gasteiger partial charge in [0.2, 0.25) is 0 Å². The Bertz CT molecular complexity index is 372. The van der Waals surface area contributed by atoms with Crippen molar-refractivity contribution in [3.8, 4) is 0 Å². The van der Waals surface area contributed by atoms with Crippen LogP contribution in [0.4, 0.5) is 0 Å². The molecule has 16 heavy (non-hydrogen) atoms. The van der Waals surface area contributed by atoms with Gasteiger partial charge in [-0.1, -0.05) is 55.5 Å². The zero-order valence-corrected chi connectivity index (χ0v) is 10.1. The van der Waals surface area contributed by atoms with Gasteiger partial charge in [-0.3, -0.25) is 4.99 Å². The molecule has 0 aliphatic heterocycles. The Labute approximate surface area is 98.2 Å². The number of rotatable bonds is 5. The van der Waals surface area contributed by atoms with Gasteiger partial charge in [0.05, 0.1) is 6.54 Å². The monoisotopic (exact) mass is 213 g/mol. The van der Waals surface area contributed by atoms with Gasteiger partial charge in [0.15, 0.2) is 0 Å². The van der Waals surface area contributed by atoms with Gasteiger partial charge in [0.25, 0.3) is 0 Å². The van der Waals surface area contributed by atoms with Crippen molar-refractivity contribution >= 4 is 6.21 Å². The predicted molar refractivity (Wildman–Crippen MR) is 72.1 cm³/mol. The van der Waals surface area contributed by atoms with Gasteiger partial charge >= 0.3 is 0 Å². The maximum atomic E-state index is 4.42. The summed E-state index contributed by atoms with van der Waals surface area (Å²) < 4.78 is 0. The van der Waals surface area contributed by atoms with Crippen LogP contribution in [0.2, 0.25) is 0 Å². The highest BCUT2D eigenvalue weighted by molar-refractivity contribution is 5.79. The molecule has 0 unspecified atom stereocenters. The Kier molecular flexibility index (Phi) is 5.94. The molecule has 0 atom stereocenters. The van der Waals surface area contributed by atoms with E-state index in [1.54, 1.807) is 0 Å². The largest absolute Gasteiger partial charge is 0.288 e. The van der Waals surface area contributed by atoms with Crippen LogP contribution in [0.3, 0.4) is 0 Å². The molecule has 1 rings (SSSR count). The smallest absolute Gasteiger partial charge is 0.0636 e. The first-order valence-corrected chi connectivity index (χ1v) is 5.73. The molecular weight excluding hydrogens is 194 g/mol. The fourth-order valence-electron chi connectivity index (χ4n) is 1.31. The molecular formula is C15H19N. The van der Waals surface area contributed by atoms with Gasteiger partial charge in [-0.05, 0) is 24.5 Å². The standard InChI is InChI=1S/C15H19N/c1-3-5-9-14(4-2)12-16-13-15-10-7-6-8-11-15/h4-11,13H,3,12H2,1-2H3/b9-5-,14-4+,16-13?. The van der Waals surface area contributed by atoms with Crippen molar-refractivity contribution in [2.24, 2.45) is 4.99 Å². The van der Waals surface area contributed by atoms with Crippen molar-refractivity contribution < 1.29 is 0 Å². The molecule has 1 nitrogen and oxygen atoms in total. The highest BCUT2D eigenvalue weighted by Gasteiger charge is 1.88. The molecule has 0 aliphatic rings. The molecule has 0 amide bonds. The van der Waals surface area contributed by atoms with Crippen LogP contribution in [0.1, 0.15) is 25.8 Å². The van der Waals surface area contributed by atoms with E-state index in [0.29, 0.717) is 0 Å². The lowest BCUT2D eigenvalue weighted by atomic mass is 10.2. The topological polar surface area (TPSA) is 12.4 Å². The third-order valence-corrected chi connectivity index (χ3v) is 2.25. The number of hydrogen-bond acceptors (Lipinski definition) is 1. The van der Waals surface area contributed by atoms with E-state index in [2.05, 4.69) is 42.3 Å². The first-order chi connectivity index (χ1) is 7.86. The Morgan fingerprint density at radius 2 is 2.00 bits per heavy atom.